The van der Waals surface area contributed by atoms with Crippen LogP contribution in [0.1, 0.15) is 18.6 Å². The second-order valence-corrected chi connectivity index (χ2v) is 5.27. The summed E-state index contributed by atoms with van der Waals surface area (Å²) in [6.07, 6.45) is -0.338. The standard InChI is InChI=1S/C17H13FN2O2/c1-10-15-16(13-4-2-3-5-14(13)22-10)19-20(17(15)21)12-8-6-11(18)7-9-12/h2-10,19H,1H3. The second-order valence-electron chi connectivity index (χ2n) is 5.27. The van der Waals surface area contributed by atoms with Gasteiger partial charge in [-0.2, -0.15) is 0 Å². The van der Waals surface area contributed by atoms with E-state index >= 15 is 0 Å². The number of rotatable bonds is 1. The molecule has 1 unspecified atom stereocenters. The minimum atomic E-state index is -0.338. The van der Waals surface area contributed by atoms with Crippen LogP contribution in [-0.2, 0) is 0 Å². The zero-order chi connectivity index (χ0) is 15.3. The van der Waals surface area contributed by atoms with Gasteiger partial charge in [0.15, 0.2) is 0 Å². The van der Waals surface area contributed by atoms with Crippen molar-refractivity contribution in [3.63, 3.8) is 0 Å². The first-order chi connectivity index (χ1) is 10.6. The van der Waals surface area contributed by atoms with Crippen molar-refractivity contribution in [3.8, 4) is 22.7 Å². The molecule has 22 heavy (non-hydrogen) atoms. The monoisotopic (exact) mass is 296 g/mol. The molecule has 0 spiro atoms. The van der Waals surface area contributed by atoms with Crippen LogP contribution in [0.5, 0.6) is 5.75 Å². The molecule has 1 aliphatic heterocycles. The van der Waals surface area contributed by atoms with Crippen LogP contribution in [0, 0.1) is 5.82 Å². The molecule has 0 radical (unpaired) electrons. The van der Waals surface area contributed by atoms with E-state index in [4.69, 9.17) is 4.74 Å². The Morgan fingerprint density at radius 3 is 2.64 bits per heavy atom. The lowest BCUT2D eigenvalue weighted by atomic mass is 10.0. The molecule has 0 amide bonds. The number of aromatic amines is 1. The summed E-state index contributed by atoms with van der Waals surface area (Å²) in [5.41, 5.74) is 2.61. The van der Waals surface area contributed by atoms with E-state index in [-0.39, 0.29) is 17.5 Å². The SMILES string of the molecule is CC1Oc2ccccc2-c2[nH]n(-c3ccc(F)cc3)c(=O)c21. The van der Waals surface area contributed by atoms with E-state index in [1.54, 1.807) is 12.1 Å². The number of hydrogen-bond donors (Lipinski definition) is 1. The zero-order valence-electron chi connectivity index (χ0n) is 11.8. The number of aromatic nitrogens is 2. The molecule has 3 aromatic rings. The van der Waals surface area contributed by atoms with Gasteiger partial charge in [0.25, 0.3) is 5.56 Å². The maximum atomic E-state index is 13.1. The molecule has 0 fully saturated rings. The molecular formula is C17H13FN2O2. The Kier molecular flexibility index (Phi) is 2.69. The third kappa shape index (κ3) is 1.79. The van der Waals surface area contributed by atoms with Crippen molar-refractivity contribution in [2.24, 2.45) is 0 Å². The largest absolute Gasteiger partial charge is 0.485 e. The molecule has 4 nitrogen and oxygen atoms in total. The maximum absolute atomic E-state index is 13.1. The summed E-state index contributed by atoms with van der Waals surface area (Å²) in [6, 6.07) is 13.4. The van der Waals surface area contributed by atoms with Gasteiger partial charge in [-0.05, 0) is 43.3 Å². The molecule has 2 aromatic carbocycles. The van der Waals surface area contributed by atoms with Gasteiger partial charge in [0.2, 0.25) is 0 Å². The predicted molar refractivity (Wildman–Crippen MR) is 80.8 cm³/mol. The van der Waals surface area contributed by atoms with Crippen molar-refractivity contribution in [1.82, 2.24) is 9.78 Å². The fraction of sp³-hybridized carbons (Fsp3) is 0.118. The van der Waals surface area contributed by atoms with E-state index in [0.29, 0.717) is 11.3 Å². The quantitative estimate of drug-likeness (QED) is 0.748. The number of nitrogens with one attached hydrogen (secondary N) is 1. The Hall–Kier alpha value is -2.82. The van der Waals surface area contributed by atoms with Crippen LogP contribution < -0.4 is 10.3 Å². The maximum Gasteiger partial charge on any atom is 0.278 e. The van der Waals surface area contributed by atoms with Crippen LogP contribution in [0.2, 0.25) is 0 Å². The molecular weight excluding hydrogens is 283 g/mol. The van der Waals surface area contributed by atoms with Crippen molar-refractivity contribution in [2.45, 2.75) is 13.0 Å². The number of benzene rings is 2. The Morgan fingerprint density at radius 2 is 1.86 bits per heavy atom. The lowest BCUT2D eigenvalue weighted by molar-refractivity contribution is 0.222. The lowest BCUT2D eigenvalue weighted by Gasteiger charge is -2.22. The summed E-state index contributed by atoms with van der Waals surface area (Å²) < 4.78 is 20.3. The van der Waals surface area contributed by atoms with Gasteiger partial charge in [-0.25, -0.2) is 9.07 Å². The van der Waals surface area contributed by atoms with Crippen molar-refractivity contribution in [1.29, 1.82) is 0 Å². The fourth-order valence-corrected chi connectivity index (χ4v) is 2.83. The highest BCUT2D eigenvalue weighted by Gasteiger charge is 2.29. The summed E-state index contributed by atoms with van der Waals surface area (Å²) in [5, 5.41) is 3.13. The summed E-state index contributed by atoms with van der Waals surface area (Å²) in [5.74, 6) is 0.408. The number of halogens is 1. The summed E-state index contributed by atoms with van der Waals surface area (Å²) in [6.45, 7) is 1.85. The summed E-state index contributed by atoms with van der Waals surface area (Å²) in [7, 11) is 0. The number of nitrogens with zero attached hydrogens (tertiary/aromatic N) is 1. The highest BCUT2D eigenvalue weighted by Crippen LogP contribution is 2.39. The van der Waals surface area contributed by atoms with Crippen molar-refractivity contribution in [3.05, 3.63) is 70.3 Å². The number of fused-ring (bicyclic) bond motifs is 3. The van der Waals surface area contributed by atoms with Crippen molar-refractivity contribution in [2.75, 3.05) is 0 Å². The summed E-state index contributed by atoms with van der Waals surface area (Å²) in [4.78, 5) is 12.7. The predicted octanol–water partition coefficient (Wildman–Crippen LogP) is 3.43. The lowest BCUT2D eigenvalue weighted by Crippen LogP contribution is -2.21. The van der Waals surface area contributed by atoms with Gasteiger partial charge >= 0.3 is 0 Å². The van der Waals surface area contributed by atoms with Crippen LogP contribution in [-0.4, -0.2) is 9.78 Å². The molecule has 1 atom stereocenters. The van der Waals surface area contributed by atoms with Crippen LogP contribution in [0.25, 0.3) is 16.9 Å². The molecule has 1 aliphatic rings. The van der Waals surface area contributed by atoms with E-state index in [1.807, 2.05) is 31.2 Å². The molecule has 1 aromatic heterocycles. The van der Waals surface area contributed by atoms with Gasteiger partial charge in [-0.15, -0.1) is 0 Å². The van der Waals surface area contributed by atoms with E-state index in [2.05, 4.69) is 5.10 Å². The van der Waals surface area contributed by atoms with E-state index < -0.39 is 0 Å². The Bertz CT molecular complexity index is 909. The minimum absolute atomic E-state index is 0.177. The van der Waals surface area contributed by atoms with E-state index in [1.165, 1.54) is 16.8 Å². The third-order valence-electron chi connectivity index (χ3n) is 3.88. The van der Waals surface area contributed by atoms with Crippen LogP contribution in [0.15, 0.2) is 53.3 Å². The highest BCUT2D eigenvalue weighted by atomic mass is 19.1. The molecule has 5 heteroatoms. The Balaban J connectivity index is 1.96. The first kappa shape index (κ1) is 12.9. The molecule has 0 saturated heterocycles. The first-order valence-electron chi connectivity index (χ1n) is 7.02. The second kappa shape index (κ2) is 4.59. The highest BCUT2D eigenvalue weighted by molar-refractivity contribution is 5.72. The Morgan fingerprint density at radius 1 is 1.14 bits per heavy atom. The van der Waals surface area contributed by atoms with Gasteiger partial charge in [-0.1, -0.05) is 12.1 Å². The summed E-state index contributed by atoms with van der Waals surface area (Å²) >= 11 is 0. The average Bonchev–Trinajstić information content (AvgIpc) is 2.87. The molecule has 2 heterocycles. The Labute approximate surface area is 125 Å². The van der Waals surface area contributed by atoms with Crippen LogP contribution in [0.3, 0.4) is 0 Å². The minimum Gasteiger partial charge on any atom is -0.485 e. The number of para-hydroxylation sites is 1. The van der Waals surface area contributed by atoms with Crippen molar-refractivity contribution < 1.29 is 9.13 Å². The van der Waals surface area contributed by atoms with Gasteiger partial charge < -0.3 is 4.74 Å². The van der Waals surface area contributed by atoms with E-state index in [9.17, 15) is 9.18 Å². The van der Waals surface area contributed by atoms with Crippen LogP contribution in [0.4, 0.5) is 4.39 Å². The molecule has 0 saturated carbocycles. The van der Waals surface area contributed by atoms with E-state index in [0.717, 1.165) is 17.0 Å². The van der Waals surface area contributed by atoms with Crippen LogP contribution >= 0.6 is 0 Å². The third-order valence-corrected chi connectivity index (χ3v) is 3.88. The number of hydrogen-bond acceptors (Lipinski definition) is 2. The topological polar surface area (TPSA) is 47.0 Å². The first-order valence-corrected chi connectivity index (χ1v) is 7.02. The number of ether oxygens (including phenoxy) is 1. The molecule has 1 N–H and O–H groups in total. The fourth-order valence-electron chi connectivity index (χ4n) is 2.83. The van der Waals surface area contributed by atoms with Gasteiger partial charge in [0.05, 0.1) is 16.9 Å². The number of H-pyrrole nitrogens is 1. The molecule has 0 bridgehead atoms. The van der Waals surface area contributed by atoms with Gasteiger partial charge in [0.1, 0.15) is 17.7 Å². The van der Waals surface area contributed by atoms with Gasteiger partial charge in [0, 0.05) is 5.56 Å². The van der Waals surface area contributed by atoms with Crippen molar-refractivity contribution >= 4 is 0 Å². The zero-order valence-corrected chi connectivity index (χ0v) is 11.8. The van der Waals surface area contributed by atoms with Gasteiger partial charge in [-0.3, -0.25) is 9.89 Å². The molecule has 110 valence electrons. The average molecular weight is 296 g/mol. The normalized spacial score (nSPS) is 15.8. The smallest absolute Gasteiger partial charge is 0.278 e. The molecule has 0 aliphatic carbocycles. The molecule has 4 rings (SSSR count).